The van der Waals surface area contributed by atoms with E-state index in [1.165, 1.54) is 28.6 Å². The maximum Gasteiger partial charge on any atom is 0.255 e. The zero-order valence-corrected chi connectivity index (χ0v) is 16.2. The Morgan fingerprint density at radius 3 is 2.20 bits per heavy atom. The molecule has 0 spiro atoms. The van der Waals surface area contributed by atoms with Gasteiger partial charge >= 0.3 is 0 Å². The van der Waals surface area contributed by atoms with Crippen LogP contribution in [0, 0.1) is 0 Å². The molecule has 25 heavy (non-hydrogen) atoms. The van der Waals surface area contributed by atoms with Crippen molar-refractivity contribution in [1.82, 2.24) is 4.31 Å². The number of thioether (sulfide) groups is 1. The molecule has 2 rings (SSSR count). The predicted molar refractivity (Wildman–Crippen MR) is 103 cm³/mol. The Morgan fingerprint density at radius 1 is 1.04 bits per heavy atom. The first-order valence-electron chi connectivity index (χ1n) is 7.98. The summed E-state index contributed by atoms with van der Waals surface area (Å²) < 4.78 is 26.3. The number of carbonyl (C=O) groups excluding carboxylic acids is 1. The number of carbonyl (C=O) groups is 1. The van der Waals surface area contributed by atoms with E-state index in [1.54, 1.807) is 25.6 Å². The summed E-state index contributed by atoms with van der Waals surface area (Å²) in [5, 5.41) is 2.86. The van der Waals surface area contributed by atoms with Gasteiger partial charge in [0.05, 0.1) is 10.6 Å². The molecule has 2 aromatic carbocycles. The minimum Gasteiger partial charge on any atom is -0.321 e. The van der Waals surface area contributed by atoms with E-state index >= 15 is 0 Å². The number of para-hydroxylation sites is 1. The van der Waals surface area contributed by atoms with E-state index in [0.29, 0.717) is 18.7 Å². The summed E-state index contributed by atoms with van der Waals surface area (Å²) in [6, 6.07) is 13.6. The molecule has 5 nitrogen and oxygen atoms in total. The minimum absolute atomic E-state index is 0.192. The molecule has 1 amide bonds. The molecule has 2 aromatic rings. The molecular weight excluding hydrogens is 356 g/mol. The lowest BCUT2D eigenvalue weighted by atomic mass is 10.2. The van der Waals surface area contributed by atoms with Gasteiger partial charge in [-0.2, -0.15) is 4.31 Å². The third-order valence-electron chi connectivity index (χ3n) is 3.81. The highest BCUT2D eigenvalue weighted by Crippen LogP contribution is 2.25. The third-order valence-corrected chi connectivity index (χ3v) is 6.67. The van der Waals surface area contributed by atoms with Gasteiger partial charge in [-0.3, -0.25) is 4.79 Å². The predicted octanol–water partition coefficient (Wildman–Crippen LogP) is 3.69. The van der Waals surface area contributed by atoms with Crippen LogP contribution in [0.15, 0.2) is 58.3 Å². The first-order valence-corrected chi connectivity index (χ1v) is 10.6. The van der Waals surface area contributed by atoms with Gasteiger partial charge < -0.3 is 5.32 Å². The fraction of sp³-hybridized carbons (Fsp3) is 0.278. The highest BCUT2D eigenvalue weighted by molar-refractivity contribution is 7.98. The molecule has 0 atom stereocenters. The second-order valence-electron chi connectivity index (χ2n) is 5.27. The summed E-state index contributed by atoms with van der Waals surface area (Å²) in [4.78, 5) is 13.6. The van der Waals surface area contributed by atoms with E-state index in [0.717, 1.165) is 10.6 Å². The van der Waals surface area contributed by atoms with Crippen LogP contribution in [0.1, 0.15) is 24.2 Å². The van der Waals surface area contributed by atoms with Gasteiger partial charge in [0.15, 0.2) is 0 Å². The molecule has 0 unspecified atom stereocenters. The minimum atomic E-state index is -3.51. The zero-order chi connectivity index (χ0) is 18.4. The number of hydrogen-bond acceptors (Lipinski definition) is 4. The summed E-state index contributed by atoms with van der Waals surface area (Å²) in [5.41, 5.74) is 1.15. The van der Waals surface area contributed by atoms with Gasteiger partial charge in [0, 0.05) is 23.5 Å². The summed E-state index contributed by atoms with van der Waals surface area (Å²) in [6.45, 7) is 4.41. The Labute approximate surface area is 153 Å². The standard InChI is InChI=1S/C18H22N2O3S2/c1-4-20(5-2)25(22,23)15-12-10-14(11-13-15)18(21)19-16-8-6-7-9-17(16)24-3/h6-13H,4-5H2,1-3H3,(H,19,21). The molecule has 0 saturated carbocycles. The Bertz CT molecular complexity index is 830. The second kappa shape index (κ2) is 8.51. The van der Waals surface area contributed by atoms with Gasteiger partial charge in [0.25, 0.3) is 5.91 Å². The van der Waals surface area contributed by atoms with E-state index in [2.05, 4.69) is 5.32 Å². The van der Waals surface area contributed by atoms with E-state index in [4.69, 9.17) is 0 Å². The van der Waals surface area contributed by atoms with Crippen LogP contribution >= 0.6 is 11.8 Å². The lowest BCUT2D eigenvalue weighted by Crippen LogP contribution is -2.30. The largest absolute Gasteiger partial charge is 0.321 e. The zero-order valence-electron chi connectivity index (χ0n) is 14.5. The number of nitrogens with zero attached hydrogens (tertiary/aromatic N) is 1. The Balaban J connectivity index is 2.21. The van der Waals surface area contributed by atoms with Crippen molar-refractivity contribution in [2.75, 3.05) is 24.7 Å². The molecule has 0 aliphatic carbocycles. The first kappa shape index (κ1) is 19.5. The van der Waals surface area contributed by atoms with Crippen molar-refractivity contribution in [2.45, 2.75) is 23.6 Å². The molecule has 0 radical (unpaired) electrons. The van der Waals surface area contributed by atoms with Crippen LogP contribution in [-0.2, 0) is 10.0 Å². The number of sulfonamides is 1. The molecule has 134 valence electrons. The molecule has 0 aliphatic heterocycles. The van der Waals surface area contributed by atoms with Crippen LogP contribution < -0.4 is 5.32 Å². The van der Waals surface area contributed by atoms with Gasteiger partial charge in [-0.25, -0.2) is 8.42 Å². The normalized spacial score (nSPS) is 11.5. The van der Waals surface area contributed by atoms with Crippen molar-refractivity contribution in [3.63, 3.8) is 0 Å². The van der Waals surface area contributed by atoms with E-state index in [-0.39, 0.29) is 10.8 Å². The van der Waals surface area contributed by atoms with Gasteiger partial charge in [-0.1, -0.05) is 26.0 Å². The summed E-state index contributed by atoms with van der Waals surface area (Å²) >= 11 is 1.55. The molecule has 0 bridgehead atoms. The van der Waals surface area contributed by atoms with Crippen molar-refractivity contribution >= 4 is 33.4 Å². The highest BCUT2D eigenvalue weighted by atomic mass is 32.2. The average molecular weight is 379 g/mol. The molecule has 0 aliphatic rings. The van der Waals surface area contributed by atoms with Crippen molar-refractivity contribution in [1.29, 1.82) is 0 Å². The van der Waals surface area contributed by atoms with Gasteiger partial charge in [0.1, 0.15) is 0 Å². The average Bonchev–Trinajstić information content (AvgIpc) is 2.63. The molecule has 0 saturated heterocycles. The van der Waals surface area contributed by atoms with Gasteiger partial charge in [-0.15, -0.1) is 11.8 Å². The van der Waals surface area contributed by atoms with Crippen LogP contribution in [0.2, 0.25) is 0 Å². The van der Waals surface area contributed by atoms with Crippen molar-refractivity contribution in [2.24, 2.45) is 0 Å². The Hall–Kier alpha value is -1.83. The van der Waals surface area contributed by atoms with Gasteiger partial charge in [-0.05, 0) is 42.7 Å². The smallest absolute Gasteiger partial charge is 0.255 e. The molecular formula is C18H22N2O3S2. The van der Waals surface area contributed by atoms with Crippen LogP contribution in [0.5, 0.6) is 0 Å². The number of anilines is 1. The lowest BCUT2D eigenvalue weighted by Gasteiger charge is -2.18. The molecule has 0 heterocycles. The number of amides is 1. The summed E-state index contributed by atoms with van der Waals surface area (Å²) in [7, 11) is -3.51. The molecule has 7 heteroatoms. The number of nitrogens with one attached hydrogen (secondary N) is 1. The quantitative estimate of drug-likeness (QED) is 0.746. The summed E-state index contributed by atoms with van der Waals surface area (Å²) in [6.07, 6.45) is 1.94. The topological polar surface area (TPSA) is 66.5 Å². The highest BCUT2D eigenvalue weighted by Gasteiger charge is 2.21. The third kappa shape index (κ3) is 4.42. The molecule has 1 N–H and O–H groups in total. The van der Waals surface area contributed by atoms with E-state index in [1.807, 2.05) is 30.5 Å². The van der Waals surface area contributed by atoms with Gasteiger partial charge in [0.2, 0.25) is 10.0 Å². The lowest BCUT2D eigenvalue weighted by molar-refractivity contribution is 0.102. The number of hydrogen-bond donors (Lipinski definition) is 1. The van der Waals surface area contributed by atoms with Crippen LogP contribution in [0.25, 0.3) is 0 Å². The molecule has 0 aromatic heterocycles. The first-order chi connectivity index (χ1) is 11.9. The van der Waals surface area contributed by atoms with Crippen LogP contribution in [0.4, 0.5) is 5.69 Å². The van der Waals surface area contributed by atoms with E-state index in [9.17, 15) is 13.2 Å². The van der Waals surface area contributed by atoms with Crippen LogP contribution in [0.3, 0.4) is 0 Å². The maximum absolute atomic E-state index is 12.5. The SMILES string of the molecule is CCN(CC)S(=O)(=O)c1ccc(C(=O)Nc2ccccc2SC)cc1. The van der Waals surface area contributed by atoms with Crippen LogP contribution in [-0.4, -0.2) is 38.0 Å². The van der Waals surface area contributed by atoms with Crippen molar-refractivity contribution in [3.8, 4) is 0 Å². The second-order valence-corrected chi connectivity index (χ2v) is 8.05. The van der Waals surface area contributed by atoms with E-state index < -0.39 is 10.0 Å². The number of rotatable bonds is 7. The molecule has 0 fully saturated rings. The number of benzene rings is 2. The Morgan fingerprint density at radius 2 is 1.64 bits per heavy atom. The van der Waals surface area contributed by atoms with Crippen molar-refractivity contribution in [3.05, 3.63) is 54.1 Å². The Kier molecular flexibility index (Phi) is 6.64. The fourth-order valence-electron chi connectivity index (χ4n) is 2.43. The monoisotopic (exact) mass is 378 g/mol. The van der Waals surface area contributed by atoms with Crippen molar-refractivity contribution < 1.29 is 13.2 Å². The maximum atomic E-state index is 12.5. The summed E-state index contributed by atoms with van der Waals surface area (Å²) in [5.74, 6) is -0.270. The fourth-order valence-corrected chi connectivity index (χ4v) is 4.44.